The van der Waals surface area contributed by atoms with Gasteiger partial charge < -0.3 is 19.1 Å². The van der Waals surface area contributed by atoms with Gasteiger partial charge in [-0.1, -0.05) is 0 Å². The Hall–Kier alpha value is -2.76. The van der Waals surface area contributed by atoms with Crippen LogP contribution in [0.15, 0.2) is 41.6 Å². The topological polar surface area (TPSA) is 111 Å². The van der Waals surface area contributed by atoms with Gasteiger partial charge in [0.25, 0.3) is 17.7 Å². The van der Waals surface area contributed by atoms with Crippen molar-refractivity contribution in [1.29, 1.82) is 0 Å². The zero-order valence-electron chi connectivity index (χ0n) is 17.8. The number of amides is 1. The number of morpholine rings is 1. The molecule has 10 nitrogen and oxygen atoms in total. The third-order valence-corrected chi connectivity index (χ3v) is 7.39. The molecule has 32 heavy (non-hydrogen) atoms. The van der Waals surface area contributed by atoms with Crippen molar-refractivity contribution in [2.75, 3.05) is 46.5 Å². The third kappa shape index (κ3) is 4.84. The molecule has 0 aliphatic carbocycles. The van der Waals surface area contributed by atoms with E-state index < -0.39 is 10.0 Å². The summed E-state index contributed by atoms with van der Waals surface area (Å²) in [4.78, 5) is 23.1. The summed E-state index contributed by atoms with van der Waals surface area (Å²) >= 11 is 0. The summed E-state index contributed by atoms with van der Waals surface area (Å²) in [6.07, 6.45) is 4.36. The number of carbonyl (C=O) groups is 1. The highest BCUT2D eigenvalue weighted by atomic mass is 32.2. The van der Waals surface area contributed by atoms with Gasteiger partial charge in [0.05, 0.1) is 31.8 Å². The Morgan fingerprint density at radius 2 is 1.75 bits per heavy atom. The molecule has 0 bridgehead atoms. The number of nitrogens with zero attached hydrogens (tertiary/aromatic N) is 4. The van der Waals surface area contributed by atoms with E-state index in [-0.39, 0.29) is 16.9 Å². The molecule has 0 radical (unpaired) electrons. The molecule has 1 aromatic heterocycles. The van der Waals surface area contributed by atoms with Gasteiger partial charge in [0.15, 0.2) is 0 Å². The number of ether oxygens (including phenoxy) is 3. The maximum atomic E-state index is 13.0. The summed E-state index contributed by atoms with van der Waals surface area (Å²) in [7, 11) is -2.10. The number of methoxy groups -OCH3 is 1. The minimum absolute atomic E-state index is 0.167. The van der Waals surface area contributed by atoms with E-state index >= 15 is 0 Å². The van der Waals surface area contributed by atoms with E-state index in [9.17, 15) is 13.2 Å². The molecular formula is C21H26N4O6S. The molecule has 0 N–H and O–H groups in total. The van der Waals surface area contributed by atoms with Crippen LogP contribution in [0.5, 0.6) is 11.8 Å². The predicted molar refractivity (Wildman–Crippen MR) is 114 cm³/mol. The van der Waals surface area contributed by atoms with Crippen LogP contribution in [0.3, 0.4) is 0 Å². The number of sulfonamides is 1. The Labute approximate surface area is 187 Å². The van der Waals surface area contributed by atoms with Crippen LogP contribution in [0, 0.1) is 0 Å². The van der Waals surface area contributed by atoms with Crippen LogP contribution >= 0.6 is 0 Å². The van der Waals surface area contributed by atoms with E-state index in [2.05, 4.69) is 9.97 Å². The number of carbonyl (C=O) groups excluding carboxylic acids is 1. The molecule has 1 amide bonds. The van der Waals surface area contributed by atoms with Gasteiger partial charge in [0.1, 0.15) is 6.10 Å². The second-order valence-corrected chi connectivity index (χ2v) is 9.48. The normalized spacial score (nSPS) is 20.0. The maximum absolute atomic E-state index is 13.0. The summed E-state index contributed by atoms with van der Waals surface area (Å²) in [5, 5.41) is 0. The third-order valence-electron chi connectivity index (χ3n) is 5.48. The minimum atomic E-state index is -3.60. The first-order valence-electron chi connectivity index (χ1n) is 10.5. The van der Waals surface area contributed by atoms with Crippen molar-refractivity contribution in [3.8, 4) is 11.8 Å². The Morgan fingerprint density at radius 1 is 1.06 bits per heavy atom. The molecule has 2 aromatic rings. The van der Waals surface area contributed by atoms with Crippen LogP contribution in [0.2, 0.25) is 0 Å². The second kappa shape index (κ2) is 9.80. The first-order chi connectivity index (χ1) is 15.5. The van der Waals surface area contributed by atoms with Crippen molar-refractivity contribution >= 4 is 15.9 Å². The highest BCUT2D eigenvalue weighted by Crippen LogP contribution is 2.25. The number of rotatable bonds is 6. The van der Waals surface area contributed by atoms with E-state index in [1.54, 1.807) is 17.0 Å². The smallest absolute Gasteiger partial charge is 0.278 e. The van der Waals surface area contributed by atoms with Gasteiger partial charge in [0.2, 0.25) is 10.0 Å². The van der Waals surface area contributed by atoms with Crippen LogP contribution in [0.4, 0.5) is 0 Å². The largest absolute Gasteiger partial charge is 0.477 e. The van der Waals surface area contributed by atoms with E-state index in [0.29, 0.717) is 56.7 Å². The standard InChI is InChI=1S/C21H26N4O6S/c1-29-19-20(23-9-8-22-19)31-17-3-2-10-24(15-17)21(26)16-4-6-18(7-5-16)32(27,28)25-11-13-30-14-12-25/h4-9,17H,2-3,10-15H2,1H3. The number of aromatic nitrogens is 2. The lowest BCUT2D eigenvalue weighted by Crippen LogP contribution is -2.44. The van der Waals surface area contributed by atoms with Gasteiger partial charge in [-0.25, -0.2) is 18.4 Å². The molecule has 1 atom stereocenters. The summed E-state index contributed by atoms with van der Waals surface area (Å²) in [5.41, 5.74) is 0.434. The second-order valence-electron chi connectivity index (χ2n) is 7.54. The molecule has 2 aliphatic rings. The zero-order valence-corrected chi connectivity index (χ0v) is 18.7. The van der Waals surface area contributed by atoms with Crippen LogP contribution in [-0.2, 0) is 14.8 Å². The van der Waals surface area contributed by atoms with Crippen molar-refractivity contribution < 1.29 is 27.4 Å². The van der Waals surface area contributed by atoms with Crippen molar-refractivity contribution in [1.82, 2.24) is 19.2 Å². The molecule has 0 saturated carbocycles. The number of likely N-dealkylation sites (tertiary alicyclic amines) is 1. The molecule has 2 aliphatic heterocycles. The molecule has 2 fully saturated rings. The molecule has 2 saturated heterocycles. The van der Waals surface area contributed by atoms with Crippen molar-refractivity contribution in [2.45, 2.75) is 23.8 Å². The number of hydrogen-bond donors (Lipinski definition) is 0. The number of piperidine rings is 1. The van der Waals surface area contributed by atoms with E-state index in [1.807, 2.05) is 0 Å². The Kier molecular flexibility index (Phi) is 6.87. The molecule has 3 heterocycles. The molecule has 0 spiro atoms. The van der Waals surface area contributed by atoms with E-state index in [4.69, 9.17) is 14.2 Å². The average Bonchev–Trinajstić information content (AvgIpc) is 2.85. The fraction of sp³-hybridized carbons (Fsp3) is 0.476. The highest BCUT2D eigenvalue weighted by Gasteiger charge is 2.29. The molecule has 172 valence electrons. The zero-order chi connectivity index (χ0) is 22.6. The van der Waals surface area contributed by atoms with Gasteiger partial charge in [-0.05, 0) is 37.1 Å². The minimum Gasteiger partial charge on any atom is -0.477 e. The van der Waals surface area contributed by atoms with Crippen LogP contribution < -0.4 is 9.47 Å². The summed E-state index contributed by atoms with van der Waals surface area (Å²) in [6.45, 7) is 2.42. The predicted octanol–water partition coefficient (Wildman–Crippen LogP) is 1.19. The average molecular weight is 463 g/mol. The van der Waals surface area contributed by atoms with Crippen molar-refractivity contribution in [3.63, 3.8) is 0 Å². The fourth-order valence-electron chi connectivity index (χ4n) is 3.80. The Morgan fingerprint density at radius 3 is 2.44 bits per heavy atom. The van der Waals surface area contributed by atoms with Crippen molar-refractivity contribution in [3.05, 3.63) is 42.2 Å². The monoisotopic (exact) mass is 462 g/mol. The van der Waals surface area contributed by atoms with Crippen molar-refractivity contribution in [2.24, 2.45) is 0 Å². The molecule has 11 heteroatoms. The maximum Gasteiger partial charge on any atom is 0.278 e. The van der Waals surface area contributed by atoms with Crippen LogP contribution in [0.25, 0.3) is 0 Å². The lowest BCUT2D eigenvalue weighted by atomic mass is 10.1. The van der Waals surface area contributed by atoms with Crippen LogP contribution in [0.1, 0.15) is 23.2 Å². The lowest BCUT2D eigenvalue weighted by molar-refractivity contribution is 0.0519. The lowest BCUT2D eigenvalue weighted by Gasteiger charge is -2.32. The van der Waals surface area contributed by atoms with Crippen LogP contribution in [-0.4, -0.2) is 86.1 Å². The Bertz CT molecular complexity index is 1040. The van der Waals surface area contributed by atoms with Gasteiger partial charge in [-0.15, -0.1) is 0 Å². The summed E-state index contributed by atoms with van der Waals surface area (Å²) in [6, 6.07) is 6.10. The van der Waals surface area contributed by atoms with E-state index in [0.717, 1.165) is 12.8 Å². The van der Waals surface area contributed by atoms with Gasteiger partial charge in [-0.3, -0.25) is 4.79 Å². The summed E-state index contributed by atoms with van der Waals surface area (Å²) in [5.74, 6) is 0.430. The van der Waals surface area contributed by atoms with Gasteiger partial charge >= 0.3 is 0 Å². The quantitative estimate of drug-likeness (QED) is 0.630. The van der Waals surface area contributed by atoms with E-state index in [1.165, 1.54) is 35.9 Å². The number of hydrogen-bond acceptors (Lipinski definition) is 8. The SMILES string of the molecule is COc1nccnc1OC1CCCN(C(=O)c2ccc(S(=O)(=O)N3CCOCC3)cc2)C1. The number of benzene rings is 1. The van der Waals surface area contributed by atoms with Gasteiger partial charge in [0, 0.05) is 37.6 Å². The first kappa shape index (κ1) is 22.4. The first-order valence-corrected chi connectivity index (χ1v) is 11.9. The Balaban J connectivity index is 1.42. The molecule has 1 unspecified atom stereocenters. The molecule has 4 rings (SSSR count). The molecule has 1 aromatic carbocycles. The highest BCUT2D eigenvalue weighted by molar-refractivity contribution is 7.89. The molecular weight excluding hydrogens is 436 g/mol. The van der Waals surface area contributed by atoms with Gasteiger partial charge in [-0.2, -0.15) is 4.31 Å². The fourth-order valence-corrected chi connectivity index (χ4v) is 5.21. The summed E-state index contributed by atoms with van der Waals surface area (Å²) < 4.78 is 43.3.